The third-order valence-corrected chi connectivity index (χ3v) is 9.24. The zero-order chi connectivity index (χ0) is 24.6. The molecule has 3 aromatic rings. The van der Waals surface area contributed by atoms with Gasteiger partial charge in [-0.3, -0.25) is 14.3 Å². The topological polar surface area (TPSA) is 75.5 Å². The van der Waals surface area contributed by atoms with E-state index < -0.39 is 9.84 Å². The Morgan fingerprint density at radius 1 is 1.18 bits per heavy atom. The molecule has 10 heteroatoms. The SMILES string of the molecule is CCS(=O)(=O)c1ccc(Cl)cc1Cn1cnc2cc(CN3CC[C@H](N(C)C)C3)c(Br)cc2c1=O. The van der Waals surface area contributed by atoms with Gasteiger partial charge >= 0.3 is 0 Å². The summed E-state index contributed by atoms with van der Waals surface area (Å²) in [7, 11) is 0.756. The molecule has 2 aromatic carbocycles. The number of sulfone groups is 1. The van der Waals surface area contributed by atoms with Gasteiger partial charge in [0.05, 0.1) is 34.4 Å². The summed E-state index contributed by atoms with van der Waals surface area (Å²) in [6, 6.07) is 8.97. The predicted molar refractivity (Wildman–Crippen MR) is 139 cm³/mol. The maximum Gasteiger partial charge on any atom is 0.261 e. The van der Waals surface area contributed by atoms with E-state index in [1.165, 1.54) is 17.0 Å². The van der Waals surface area contributed by atoms with Crippen molar-refractivity contribution in [3.05, 3.63) is 67.6 Å². The van der Waals surface area contributed by atoms with Crippen LogP contribution in [0.3, 0.4) is 0 Å². The Bertz CT molecular complexity index is 1390. The van der Waals surface area contributed by atoms with Crippen LogP contribution in [0.1, 0.15) is 24.5 Å². The molecule has 0 aliphatic carbocycles. The highest BCUT2D eigenvalue weighted by atomic mass is 79.9. The van der Waals surface area contributed by atoms with Crippen molar-refractivity contribution < 1.29 is 8.42 Å². The second-order valence-electron chi connectivity index (χ2n) is 8.94. The molecule has 7 nitrogen and oxygen atoms in total. The van der Waals surface area contributed by atoms with Crippen LogP contribution in [0.2, 0.25) is 5.02 Å². The Kier molecular flexibility index (Phi) is 7.50. The van der Waals surface area contributed by atoms with E-state index in [1.54, 1.807) is 19.1 Å². The van der Waals surface area contributed by atoms with Crippen LogP contribution in [0.5, 0.6) is 0 Å². The summed E-state index contributed by atoms with van der Waals surface area (Å²) in [5.74, 6) is -0.0332. The van der Waals surface area contributed by atoms with E-state index >= 15 is 0 Å². The van der Waals surface area contributed by atoms with Gasteiger partial charge in [0, 0.05) is 35.2 Å². The van der Waals surface area contributed by atoms with E-state index in [9.17, 15) is 13.2 Å². The largest absolute Gasteiger partial charge is 0.305 e. The molecule has 0 amide bonds. The van der Waals surface area contributed by atoms with Crippen molar-refractivity contribution in [3.63, 3.8) is 0 Å². The number of hydrogen-bond donors (Lipinski definition) is 0. The molecule has 1 aliphatic rings. The van der Waals surface area contributed by atoms with Crippen LogP contribution in [-0.2, 0) is 22.9 Å². The summed E-state index contributed by atoms with van der Waals surface area (Å²) in [6.07, 6.45) is 2.62. The molecule has 0 spiro atoms. The van der Waals surface area contributed by atoms with Crippen molar-refractivity contribution in [2.24, 2.45) is 0 Å². The summed E-state index contributed by atoms with van der Waals surface area (Å²) in [5, 5.41) is 0.894. The van der Waals surface area contributed by atoms with E-state index in [0.29, 0.717) is 27.5 Å². The Morgan fingerprint density at radius 3 is 2.62 bits per heavy atom. The molecule has 0 unspecified atom stereocenters. The van der Waals surface area contributed by atoms with E-state index in [-0.39, 0.29) is 22.8 Å². The van der Waals surface area contributed by atoms with Crippen molar-refractivity contribution in [2.45, 2.75) is 37.4 Å². The number of likely N-dealkylation sites (tertiary alicyclic amines) is 1. The third kappa shape index (κ3) is 5.23. The molecule has 1 saturated heterocycles. The van der Waals surface area contributed by atoms with Crippen molar-refractivity contribution in [1.82, 2.24) is 19.4 Å². The summed E-state index contributed by atoms with van der Waals surface area (Å²) in [4.78, 5) is 22.7. The average Bonchev–Trinajstić information content (AvgIpc) is 3.26. The highest BCUT2D eigenvalue weighted by Crippen LogP contribution is 2.26. The minimum absolute atomic E-state index is 0.0332. The molecule has 0 radical (unpaired) electrons. The van der Waals surface area contributed by atoms with Gasteiger partial charge in [-0.05, 0) is 62.0 Å². The quantitative estimate of drug-likeness (QED) is 0.433. The van der Waals surface area contributed by atoms with Gasteiger partial charge < -0.3 is 4.90 Å². The standard InChI is InChI=1S/C24H28BrClN4O3S/c1-4-34(32,33)23-6-5-18(26)9-17(23)13-30-15-27-22-10-16(21(25)11-20(22)24(30)31)12-29-8-7-19(14-29)28(2)3/h5-6,9-11,15,19H,4,7-8,12-14H2,1-3H3/t19-/m0/s1. The van der Waals surface area contributed by atoms with Crippen LogP contribution in [-0.4, -0.2) is 66.7 Å². The van der Waals surface area contributed by atoms with Gasteiger partial charge in [-0.2, -0.15) is 0 Å². The second kappa shape index (κ2) is 10.1. The van der Waals surface area contributed by atoms with E-state index in [2.05, 4.69) is 44.8 Å². The maximum absolute atomic E-state index is 13.3. The van der Waals surface area contributed by atoms with E-state index in [0.717, 1.165) is 36.1 Å². The van der Waals surface area contributed by atoms with Gasteiger partial charge in [0.15, 0.2) is 9.84 Å². The van der Waals surface area contributed by atoms with Crippen LogP contribution in [0.25, 0.3) is 10.9 Å². The Morgan fingerprint density at radius 2 is 1.94 bits per heavy atom. The minimum atomic E-state index is -3.46. The average molecular weight is 568 g/mol. The lowest BCUT2D eigenvalue weighted by molar-refractivity contribution is 0.264. The number of rotatable bonds is 7. The molecule has 1 fully saturated rings. The molecule has 1 aromatic heterocycles. The molecule has 0 saturated carbocycles. The third-order valence-electron chi connectivity index (χ3n) is 6.44. The van der Waals surface area contributed by atoms with Crippen LogP contribution in [0.4, 0.5) is 0 Å². The first kappa shape index (κ1) is 25.3. The van der Waals surface area contributed by atoms with Gasteiger partial charge in [0.1, 0.15) is 0 Å². The summed E-state index contributed by atoms with van der Waals surface area (Å²) >= 11 is 9.78. The number of aromatic nitrogens is 2. The van der Waals surface area contributed by atoms with Crippen LogP contribution in [0, 0.1) is 0 Å². The fourth-order valence-corrected chi connectivity index (χ4v) is 6.16. The summed E-state index contributed by atoms with van der Waals surface area (Å²) in [5.41, 5.74) is 1.95. The lowest BCUT2D eigenvalue weighted by atomic mass is 10.1. The monoisotopic (exact) mass is 566 g/mol. The Labute approximate surface area is 213 Å². The fraction of sp³-hybridized carbons (Fsp3) is 0.417. The molecular weight excluding hydrogens is 540 g/mol. The first-order chi connectivity index (χ1) is 16.1. The second-order valence-corrected chi connectivity index (χ2v) is 12.5. The number of fused-ring (bicyclic) bond motifs is 1. The number of halogens is 2. The number of hydrogen-bond acceptors (Lipinski definition) is 6. The van der Waals surface area contributed by atoms with Crippen LogP contribution in [0.15, 0.2) is 50.8 Å². The number of benzene rings is 2. The fourth-order valence-electron chi connectivity index (χ4n) is 4.39. The summed E-state index contributed by atoms with van der Waals surface area (Å²) < 4.78 is 27.4. The van der Waals surface area contributed by atoms with Gasteiger partial charge in [0.2, 0.25) is 0 Å². The molecule has 1 aliphatic heterocycles. The number of likely N-dealkylation sites (N-methyl/N-ethyl adjacent to an activating group) is 1. The number of nitrogens with zero attached hydrogens (tertiary/aromatic N) is 4. The van der Waals surface area contributed by atoms with Crippen LogP contribution >= 0.6 is 27.5 Å². The lowest BCUT2D eigenvalue weighted by Gasteiger charge is -2.21. The molecule has 182 valence electrons. The lowest BCUT2D eigenvalue weighted by Crippen LogP contribution is -2.31. The zero-order valence-corrected chi connectivity index (χ0v) is 22.6. The Hall–Kier alpha value is -1.78. The maximum atomic E-state index is 13.3. The van der Waals surface area contributed by atoms with E-state index in [1.807, 2.05) is 12.1 Å². The van der Waals surface area contributed by atoms with Crippen molar-refractivity contribution in [3.8, 4) is 0 Å². The first-order valence-electron chi connectivity index (χ1n) is 11.2. The zero-order valence-electron chi connectivity index (χ0n) is 19.5. The van der Waals surface area contributed by atoms with Gasteiger partial charge in [0.25, 0.3) is 5.56 Å². The molecule has 1 atom stereocenters. The highest BCUT2D eigenvalue weighted by molar-refractivity contribution is 9.10. The molecular formula is C24H28BrClN4O3S. The smallest absolute Gasteiger partial charge is 0.261 e. The van der Waals surface area contributed by atoms with Gasteiger partial charge in [-0.25, -0.2) is 13.4 Å². The molecule has 0 bridgehead atoms. The highest BCUT2D eigenvalue weighted by Gasteiger charge is 2.24. The minimum Gasteiger partial charge on any atom is -0.305 e. The Balaban J connectivity index is 1.65. The van der Waals surface area contributed by atoms with Crippen molar-refractivity contribution in [1.29, 1.82) is 0 Å². The predicted octanol–water partition coefficient (Wildman–Crippen LogP) is 3.79. The molecule has 2 heterocycles. The van der Waals surface area contributed by atoms with Gasteiger partial charge in [-0.15, -0.1) is 0 Å². The normalized spacial score (nSPS) is 17.2. The summed E-state index contributed by atoms with van der Waals surface area (Å²) in [6.45, 7) is 4.48. The first-order valence-corrected chi connectivity index (χ1v) is 14.0. The molecule has 0 N–H and O–H groups in total. The van der Waals surface area contributed by atoms with Crippen molar-refractivity contribution >= 4 is 48.3 Å². The van der Waals surface area contributed by atoms with Crippen molar-refractivity contribution in [2.75, 3.05) is 32.9 Å². The van der Waals surface area contributed by atoms with Crippen LogP contribution < -0.4 is 5.56 Å². The van der Waals surface area contributed by atoms with Gasteiger partial charge in [-0.1, -0.05) is 34.5 Å². The molecule has 34 heavy (non-hydrogen) atoms. The molecule has 4 rings (SSSR count). The van der Waals surface area contributed by atoms with E-state index in [4.69, 9.17) is 11.6 Å².